The van der Waals surface area contributed by atoms with Crippen molar-refractivity contribution in [1.29, 1.82) is 0 Å². The van der Waals surface area contributed by atoms with E-state index in [1.807, 2.05) is 0 Å². The van der Waals surface area contributed by atoms with Gasteiger partial charge >= 0.3 is 13.5 Å². The maximum absolute atomic E-state index is 9.81. The molecule has 0 aromatic heterocycles. The van der Waals surface area contributed by atoms with E-state index in [9.17, 15) is 4.79 Å². The molecular formula is C5H11BO7. The van der Waals surface area contributed by atoms with E-state index in [4.69, 9.17) is 19.9 Å². The molecule has 0 radical (unpaired) electrons. The minimum absolute atomic E-state index is 0.0186. The molecule has 3 N–H and O–H groups in total. The molecular weight excluding hydrogens is 183 g/mol. The number of rotatable bonds is 7. The topological polar surface area (TPSA) is 105 Å². The third-order valence-corrected chi connectivity index (χ3v) is 0.948. The maximum Gasteiger partial charge on any atom is 0.633 e. The van der Waals surface area contributed by atoms with Crippen LogP contribution in [-0.2, 0) is 14.1 Å². The Labute approximate surface area is 75.0 Å². The zero-order valence-corrected chi connectivity index (χ0v) is 6.88. The van der Waals surface area contributed by atoms with E-state index >= 15 is 0 Å². The molecule has 0 amide bonds. The zero-order valence-electron chi connectivity index (χ0n) is 6.88. The predicted molar refractivity (Wildman–Crippen MR) is 40.9 cm³/mol. The molecule has 0 saturated carbocycles. The molecule has 0 rings (SSSR count). The Hall–Kier alpha value is -0.825. The quantitative estimate of drug-likeness (QED) is 0.262. The summed E-state index contributed by atoms with van der Waals surface area (Å²) >= 11 is 0. The van der Waals surface area contributed by atoms with Crippen molar-refractivity contribution in [3.8, 4) is 0 Å². The smallest absolute Gasteiger partial charge is 0.450 e. The van der Waals surface area contributed by atoms with Crippen molar-refractivity contribution in [2.24, 2.45) is 0 Å². The second-order valence-electron chi connectivity index (χ2n) is 1.92. The highest BCUT2D eigenvalue weighted by Gasteiger charge is 2.06. The number of carbonyl (C=O) groups is 1. The highest BCUT2D eigenvalue weighted by Crippen LogP contribution is 1.81. The summed E-state index contributed by atoms with van der Waals surface area (Å²) in [7, 11) is -1.81. The Kier molecular flexibility index (Phi) is 7.31. The molecule has 0 fully saturated rings. The van der Waals surface area contributed by atoms with Crippen LogP contribution in [0.25, 0.3) is 0 Å². The molecule has 7 nitrogen and oxygen atoms in total. The number of carboxylic acid groups (broad SMARTS) is 1. The van der Waals surface area contributed by atoms with E-state index in [1.54, 1.807) is 0 Å². The van der Waals surface area contributed by atoms with Crippen LogP contribution in [-0.4, -0.2) is 55.1 Å². The Morgan fingerprint density at radius 3 is 2.31 bits per heavy atom. The summed E-state index contributed by atoms with van der Waals surface area (Å²) in [5.41, 5.74) is 0. The van der Waals surface area contributed by atoms with Gasteiger partial charge < -0.3 is 29.3 Å². The molecule has 0 aromatic carbocycles. The lowest BCUT2D eigenvalue weighted by molar-refractivity contribution is 0.0335. The summed E-state index contributed by atoms with van der Waals surface area (Å²) in [6.45, 7) is 0.208. The van der Waals surface area contributed by atoms with Gasteiger partial charge in [-0.2, -0.15) is 0 Å². The summed E-state index contributed by atoms with van der Waals surface area (Å²) in [5, 5.41) is 24.4. The van der Waals surface area contributed by atoms with Crippen LogP contribution < -0.4 is 0 Å². The Bertz CT molecular complexity index is 139. The van der Waals surface area contributed by atoms with Gasteiger partial charge in [-0.25, -0.2) is 4.79 Å². The third-order valence-electron chi connectivity index (χ3n) is 0.948. The molecule has 76 valence electrons. The molecule has 0 aliphatic carbocycles. The average molecular weight is 194 g/mol. The Balaban J connectivity index is 2.96. The maximum atomic E-state index is 9.81. The lowest BCUT2D eigenvalue weighted by Gasteiger charge is -2.04. The zero-order chi connectivity index (χ0) is 10.1. The van der Waals surface area contributed by atoms with Crippen molar-refractivity contribution in [2.45, 2.75) is 0 Å². The van der Waals surface area contributed by atoms with Crippen molar-refractivity contribution >= 4 is 13.5 Å². The van der Waals surface area contributed by atoms with Gasteiger partial charge in [0.15, 0.2) is 0 Å². The van der Waals surface area contributed by atoms with Crippen LogP contribution in [0.1, 0.15) is 0 Å². The molecule has 0 aromatic rings. The Morgan fingerprint density at radius 1 is 1.15 bits per heavy atom. The summed E-state index contributed by atoms with van der Waals surface area (Å²) < 4.78 is 13.2. The van der Waals surface area contributed by atoms with E-state index in [-0.39, 0.29) is 26.4 Å². The first-order chi connectivity index (χ1) is 6.13. The first-order valence-electron chi connectivity index (χ1n) is 3.54. The SMILES string of the molecule is O=C(O)OCCOCCOB(O)O. The molecule has 0 saturated heterocycles. The minimum Gasteiger partial charge on any atom is -0.450 e. The largest absolute Gasteiger partial charge is 0.633 e. The Morgan fingerprint density at radius 2 is 1.77 bits per heavy atom. The average Bonchev–Trinajstić information content (AvgIpc) is 2.01. The standard InChI is InChI=1S/C5H11BO7/c7-5(8)12-3-1-11-2-4-13-6(9)10/h9-10H,1-4H2,(H,7,8). The molecule has 0 spiro atoms. The van der Waals surface area contributed by atoms with Crippen LogP contribution in [0.2, 0.25) is 0 Å². The fraction of sp³-hybridized carbons (Fsp3) is 0.800. The van der Waals surface area contributed by atoms with Crippen molar-refractivity contribution in [2.75, 3.05) is 26.4 Å². The molecule has 0 aliphatic heterocycles. The van der Waals surface area contributed by atoms with Crippen molar-refractivity contribution in [3.63, 3.8) is 0 Å². The first kappa shape index (κ1) is 12.2. The van der Waals surface area contributed by atoms with Crippen LogP contribution in [0.15, 0.2) is 0 Å². The van der Waals surface area contributed by atoms with Gasteiger partial charge in [0.1, 0.15) is 6.61 Å². The fourth-order valence-corrected chi connectivity index (χ4v) is 0.502. The number of hydrogen-bond acceptors (Lipinski definition) is 6. The van der Waals surface area contributed by atoms with Gasteiger partial charge in [-0.15, -0.1) is 0 Å². The van der Waals surface area contributed by atoms with Crippen molar-refractivity contribution < 1.29 is 34.1 Å². The molecule has 13 heavy (non-hydrogen) atoms. The van der Waals surface area contributed by atoms with Gasteiger partial charge in [-0.3, -0.25) is 0 Å². The normalized spacial score (nSPS) is 9.69. The summed E-state index contributed by atoms with van der Waals surface area (Å²) in [5.74, 6) is 0. The third kappa shape index (κ3) is 11.2. The highest BCUT2D eigenvalue weighted by atomic mass is 16.7. The van der Waals surface area contributed by atoms with Crippen LogP contribution in [0.5, 0.6) is 0 Å². The van der Waals surface area contributed by atoms with Crippen molar-refractivity contribution in [1.82, 2.24) is 0 Å². The van der Waals surface area contributed by atoms with Gasteiger partial charge in [0, 0.05) is 0 Å². The highest BCUT2D eigenvalue weighted by molar-refractivity contribution is 6.32. The van der Waals surface area contributed by atoms with Crippen LogP contribution in [0.4, 0.5) is 4.79 Å². The fourth-order valence-electron chi connectivity index (χ4n) is 0.502. The molecule has 0 heterocycles. The van der Waals surface area contributed by atoms with E-state index in [2.05, 4.69) is 9.39 Å². The van der Waals surface area contributed by atoms with Gasteiger partial charge in [-0.1, -0.05) is 0 Å². The van der Waals surface area contributed by atoms with Crippen LogP contribution >= 0.6 is 0 Å². The van der Waals surface area contributed by atoms with E-state index in [0.717, 1.165) is 0 Å². The lowest BCUT2D eigenvalue weighted by atomic mass is 10.3. The molecule has 0 aliphatic rings. The van der Waals surface area contributed by atoms with E-state index in [0.29, 0.717) is 0 Å². The summed E-state index contributed by atoms with van der Waals surface area (Å²) in [6.07, 6.45) is -1.36. The number of ether oxygens (including phenoxy) is 2. The second-order valence-corrected chi connectivity index (χ2v) is 1.92. The molecule has 0 bridgehead atoms. The van der Waals surface area contributed by atoms with Crippen LogP contribution in [0.3, 0.4) is 0 Å². The van der Waals surface area contributed by atoms with Gasteiger partial charge in [-0.05, 0) is 0 Å². The van der Waals surface area contributed by atoms with Gasteiger partial charge in [0.2, 0.25) is 0 Å². The van der Waals surface area contributed by atoms with E-state index < -0.39 is 13.5 Å². The summed E-state index contributed by atoms with van der Waals surface area (Å²) in [6, 6.07) is 0. The van der Waals surface area contributed by atoms with Crippen LogP contribution in [0, 0.1) is 0 Å². The molecule has 0 atom stereocenters. The second kappa shape index (κ2) is 7.81. The van der Waals surface area contributed by atoms with Gasteiger partial charge in [0.05, 0.1) is 19.8 Å². The van der Waals surface area contributed by atoms with Crippen molar-refractivity contribution in [3.05, 3.63) is 0 Å². The van der Waals surface area contributed by atoms with Gasteiger partial charge in [0.25, 0.3) is 0 Å². The van der Waals surface area contributed by atoms with E-state index in [1.165, 1.54) is 0 Å². The lowest BCUT2D eigenvalue weighted by Crippen LogP contribution is -2.20. The monoisotopic (exact) mass is 194 g/mol. The summed E-state index contributed by atoms with van der Waals surface area (Å²) in [4.78, 5) is 9.81. The molecule has 8 heteroatoms. The number of hydrogen-bond donors (Lipinski definition) is 3. The first-order valence-corrected chi connectivity index (χ1v) is 3.54. The predicted octanol–water partition coefficient (Wildman–Crippen LogP) is -1.32. The molecule has 0 unspecified atom stereocenters. The minimum atomic E-state index is -1.81.